The molecule has 1 aromatic carbocycles. The minimum Gasteiger partial charge on any atom is -0.453 e. The Kier molecular flexibility index (Phi) is 8.22. The van der Waals surface area contributed by atoms with Crippen LogP contribution in [0, 0.1) is 0 Å². The van der Waals surface area contributed by atoms with Crippen molar-refractivity contribution in [1.29, 1.82) is 0 Å². The highest BCUT2D eigenvalue weighted by Crippen LogP contribution is 2.41. The van der Waals surface area contributed by atoms with Gasteiger partial charge in [-0.15, -0.1) is 0 Å². The number of hydrogen-bond donors (Lipinski definition) is 1. The number of amides is 1. The number of likely N-dealkylation sites (tertiary alicyclic amines) is 1. The molecule has 0 bridgehead atoms. The average Bonchev–Trinajstić information content (AvgIpc) is 3.10. The lowest BCUT2D eigenvalue weighted by Crippen LogP contribution is -2.54. The van der Waals surface area contributed by atoms with E-state index in [-0.39, 0.29) is 6.10 Å². The second-order valence-corrected chi connectivity index (χ2v) is 11.0. The predicted molar refractivity (Wildman–Crippen MR) is 125 cm³/mol. The van der Waals surface area contributed by atoms with Crippen molar-refractivity contribution in [2.75, 3.05) is 20.0 Å². The van der Waals surface area contributed by atoms with Crippen molar-refractivity contribution in [3.8, 4) is 0 Å². The third kappa shape index (κ3) is 5.64. The van der Waals surface area contributed by atoms with Gasteiger partial charge >= 0.3 is 6.09 Å². The molecule has 1 N–H and O–H groups in total. The first kappa shape index (κ1) is 25.0. The van der Waals surface area contributed by atoms with Crippen LogP contribution in [0.15, 0.2) is 30.3 Å². The molecule has 0 unspecified atom stereocenters. The number of hydrogen-bond acceptors (Lipinski definition) is 5. The summed E-state index contributed by atoms with van der Waals surface area (Å²) < 4.78 is 38.3. The van der Waals surface area contributed by atoms with Crippen LogP contribution in [0.25, 0.3) is 0 Å². The molecule has 32 heavy (non-hydrogen) atoms. The molecular formula is C24H38N2O5S. The van der Waals surface area contributed by atoms with Crippen LogP contribution in [-0.4, -0.2) is 63.1 Å². The van der Waals surface area contributed by atoms with Crippen molar-refractivity contribution in [1.82, 2.24) is 9.62 Å². The van der Waals surface area contributed by atoms with Gasteiger partial charge in [0.2, 0.25) is 10.0 Å². The Labute approximate surface area is 192 Å². The molecule has 180 valence electrons. The average molecular weight is 467 g/mol. The maximum Gasteiger partial charge on any atom is 0.410 e. The number of sulfonamides is 1. The Morgan fingerprint density at radius 2 is 1.75 bits per heavy atom. The molecule has 0 aromatic heterocycles. The molecule has 1 aliphatic carbocycles. The van der Waals surface area contributed by atoms with Crippen LogP contribution < -0.4 is 4.72 Å². The predicted octanol–water partition coefficient (Wildman–Crippen LogP) is 4.05. The van der Waals surface area contributed by atoms with Crippen molar-refractivity contribution < 1.29 is 22.7 Å². The largest absolute Gasteiger partial charge is 0.453 e. The number of ether oxygens (including phenoxy) is 2. The molecule has 0 spiro atoms. The monoisotopic (exact) mass is 466 g/mol. The van der Waals surface area contributed by atoms with Gasteiger partial charge in [0.25, 0.3) is 0 Å². The SMILES string of the molecule is CCC1(CC)C[C@@H](NS(C)(=O)=O)[C@@H](COC2CCC(c3ccccc3)CC2)N1C(=O)OC. The molecule has 1 saturated heterocycles. The Morgan fingerprint density at radius 1 is 1.12 bits per heavy atom. The molecule has 1 aliphatic heterocycles. The van der Waals surface area contributed by atoms with Gasteiger partial charge in [0.05, 0.1) is 32.1 Å². The second-order valence-electron chi connectivity index (χ2n) is 9.26. The fourth-order valence-corrected chi connectivity index (χ4v) is 6.38. The van der Waals surface area contributed by atoms with Crippen LogP contribution in [0.5, 0.6) is 0 Å². The minimum absolute atomic E-state index is 0.117. The number of rotatable bonds is 8. The number of benzene rings is 1. The molecule has 3 rings (SSSR count). The van der Waals surface area contributed by atoms with Gasteiger partial charge in [-0.2, -0.15) is 0 Å². The number of nitrogens with zero attached hydrogens (tertiary/aromatic N) is 1. The van der Waals surface area contributed by atoms with E-state index in [1.54, 1.807) is 4.90 Å². The van der Waals surface area contributed by atoms with Crippen molar-refractivity contribution in [2.45, 2.75) is 88.4 Å². The highest BCUT2D eigenvalue weighted by Gasteiger charge is 2.53. The fraction of sp³-hybridized carbons (Fsp3) is 0.708. The van der Waals surface area contributed by atoms with E-state index in [2.05, 4.69) is 29.0 Å². The van der Waals surface area contributed by atoms with Gasteiger partial charge in [0, 0.05) is 11.6 Å². The van der Waals surface area contributed by atoms with Crippen LogP contribution in [0.4, 0.5) is 4.79 Å². The molecule has 2 atom stereocenters. The zero-order valence-electron chi connectivity index (χ0n) is 19.7. The molecule has 1 amide bonds. The van der Waals surface area contributed by atoms with Crippen molar-refractivity contribution in [3.63, 3.8) is 0 Å². The summed E-state index contributed by atoms with van der Waals surface area (Å²) in [6.07, 6.45) is 6.91. The minimum atomic E-state index is -3.43. The number of nitrogens with one attached hydrogen (secondary N) is 1. The van der Waals surface area contributed by atoms with E-state index >= 15 is 0 Å². The van der Waals surface area contributed by atoms with Crippen molar-refractivity contribution in [3.05, 3.63) is 35.9 Å². The smallest absolute Gasteiger partial charge is 0.410 e. The Morgan fingerprint density at radius 3 is 2.28 bits per heavy atom. The van der Waals surface area contributed by atoms with E-state index in [1.807, 2.05) is 19.9 Å². The highest BCUT2D eigenvalue weighted by molar-refractivity contribution is 7.88. The van der Waals surface area contributed by atoms with Gasteiger partial charge in [-0.1, -0.05) is 44.2 Å². The summed E-state index contributed by atoms with van der Waals surface area (Å²) in [5, 5.41) is 0. The molecule has 7 nitrogen and oxygen atoms in total. The second kappa shape index (κ2) is 10.5. The first-order valence-electron chi connectivity index (χ1n) is 11.7. The maximum atomic E-state index is 12.8. The Bertz CT molecular complexity index is 848. The molecule has 2 fully saturated rings. The number of carbonyl (C=O) groups is 1. The molecule has 1 aromatic rings. The lowest BCUT2D eigenvalue weighted by atomic mass is 9.83. The standard InChI is InChI=1S/C24H38N2O5S/c1-5-24(6-2)16-21(25-32(4,28)29)22(26(24)23(27)30-3)17-31-20-14-12-19(13-15-20)18-10-8-7-9-11-18/h7-11,19-22,25H,5-6,12-17H2,1-4H3/t19?,20?,21-,22-/m1/s1. The van der Waals surface area contributed by atoms with Crippen LogP contribution in [0.1, 0.15) is 70.3 Å². The van der Waals surface area contributed by atoms with Gasteiger partial charge in [0.1, 0.15) is 0 Å². The van der Waals surface area contributed by atoms with Crippen LogP contribution in [-0.2, 0) is 19.5 Å². The number of methoxy groups -OCH3 is 1. The lowest BCUT2D eigenvalue weighted by molar-refractivity contribution is -0.0196. The van der Waals surface area contributed by atoms with E-state index in [4.69, 9.17) is 9.47 Å². The van der Waals surface area contributed by atoms with Crippen LogP contribution in [0.2, 0.25) is 0 Å². The van der Waals surface area contributed by atoms with Gasteiger partial charge in [-0.3, -0.25) is 4.90 Å². The van der Waals surface area contributed by atoms with Crippen LogP contribution in [0.3, 0.4) is 0 Å². The quantitative estimate of drug-likeness (QED) is 0.625. The third-order valence-electron chi connectivity index (χ3n) is 7.41. The summed E-state index contributed by atoms with van der Waals surface area (Å²) in [6, 6.07) is 9.79. The van der Waals surface area contributed by atoms with Crippen molar-refractivity contribution >= 4 is 16.1 Å². The first-order valence-corrected chi connectivity index (χ1v) is 13.6. The van der Waals surface area contributed by atoms with E-state index in [0.717, 1.165) is 44.8 Å². The fourth-order valence-electron chi connectivity index (χ4n) is 5.59. The normalized spacial score (nSPS) is 27.9. The Balaban J connectivity index is 1.70. The van der Waals surface area contributed by atoms with E-state index in [1.165, 1.54) is 12.7 Å². The maximum absolute atomic E-state index is 12.8. The topological polar surface area (TPSA) is 84.9 Å². The summed E-state index contributed by atoms with van der Waals surface area (Å²) in [6.45, 7) is 4.36. The lowest BCUT2D eigenvalue weighted by Gasteiger charge is -2.39. The molecule has 2 aliphatic rings. The summed E-state index contributed by atoms with van der Waals surface area (Å²) in [5.74, 6) is 0.557. The third-order valence-corrected chi connectivity index (χ3v) is 8.14. The molecule has 1 saturated carbocycles. The van der Waals surface area contributed by atoms with E-state index in [0.29, 0.717) is 18.9 Å². The zero-order chi connectivity index (χ0) is 23.4. The van der Waals surface area contributed by atoms with E-state index in [9.17, 15) is 13.2 Å². The van der Waals surface area contributed by atoms with Gasteiger partial charge < -0.3 is 9.47 Å². The summed E-state index contributed by atoms with van der Waals surface area (Å²) in [5.41, 5.74) is 0.931. The molecular weight excluding hydrogens is 428 g/mol. The molecule has 0 radical (unpaired) electrons. The summed E-state index contributed by atoms with van der Waals surface area (Å²) >= 11 is 0. The van der Waals surface area contributed by atoms with E-state index < -0.39 is 33.7 Å². The van der Waals surface area contributed by atoms with Crippen molar-refractivity contribution in [2.24, 2.45) is 0 Å². The van der Waals surface area contributed by atoms with Gasteiger partial charge in [0.15, 0.2) is 0 Å². The molecule has 8 heteroatoms. The van der Waals surface area contributed by atoms with Gasteiger partial charge in [-0.25, -0.2) is 17.9 Å². The Hall–Kier alpha value is -1.64. The first-order chi connectivity index (χ1) is 15.2. The number of carbonyl (C=O) groups excluding carboxylic acids is 1. The van der Waals surface area contributed by atoms with Gasteiger partial charge in [-0.05, 0) is 56.4 Å². The van der Waals surface area contributed by atoms with Crippen LogP contribution >= 0.6 is 0 Å². The summed E-state index contributed by atoms with van der Waals surface area (Å²) in [7, 11) is -2.05. The summed E-state index contributed by atoms with van der Waals surface area (Å²) in [4.78, 5) is 14.5. The molecule has 1 heterocycles. The zero-order valence-corrected chi connectivity index (χ0v) is 20.6. The highest BCUT2D eigenvalue weighted by atomic mass is 32.2.